The molecule has 2 aromatic carbocycles. The zero-order valence-corrected chi connectivity index (χ0v) is 16.8. The van der Waals surface area contributed by atoms with Gasteiger partial charge in [0.2, 0.25) is 5.91 Å². The summed E-state index contributed by atoms with van der Waals surface area (Å²) in [6.07, 6.45) is 5.83. The predicted octanol–water partition coefficient (Wildman–Crippen LogP) is 4.04. The number of amides is 1. The summed E-state index contributed by atoms with van der Waals surface area (Å²) in [5.74, 6) is -0.176. The molecule has 0 unspecified atom stereocenters. The molecular weight excluding hydrogens is 376 g/mol. The number of hydrogen-bond donors (Lipinski definition) is 1. The molecule has 0 aliphatic carbocycles. The maximum atomic E-state index is 12.6. The topological polar surface area (TPSA) is 70.3 Å². The maximum absolute atomic E-state index is 12.6. The first-order valence-corrected chi connectivity index (χ1v) is 10.1. The molecule has 6 nitrogen and oxygen atoms in total. The van der Waals surface area contributed by atoms with E-state index < -0.39 is 0 Å². The van der Waals surface area contributed by atoms with Crippen LogP contribution in [0.15, 0.2) is 60.8 Å². The van der Waals surface area contributed by atoms with Gasteiger partial charge in [-0.05, 0) is 24.3 Å². The van der Waals surface area contributed by atoms with Crippen molar-refractivity contribution >= 4 is 34.3 Å². The highest BCUT2D eigenvalue weighted by Crippen LogP contribution is 2.27. The first-order chi connectivity index (χ1) is 14.8. The SMILES string of the molecule is N#CCCn1cc(/C=C/C(=O)Nc2ccccc2N2CCOCC2)c2ccccc21. The van der Waals surface area contributed by atoms with Crippen LogP contribution in [0.5, 0.6) is 0 Å². The van der Waals surface area contributed by atoms with Crippen molar-refractivity contribution in [3.63, 3.8) is 0 Å². The zero-order valence-electron chi connectivity index (χ0n) is 16.8. The number of fused-ring (bicyclic) bond motifs is 1. The number of ether oxygens (including phenoxy) is 1. The van der Waals surface area contributed by atoms with Gasteiger partial charge in [-0.25, -0.2) is 0 Å². The van der Waals surface area contributed by atoms with E-state index in [1.165, 1.54) is 0 Å². The number of para-hydroxylation sites is 3. The molecule has 1 aromatic heterocycles. The number of nitriles is 1. The third-order valence-electron chi connectivity index (χ3n) is 5.21. The molecular formula is C24H24N4O2. The van der Waals surface area contributed by atoms with Crippen molar-refractivity contribution in [1.82, 2.24) is 4.57 Å². The van der Waals surface area contributed by atoms with E-state index in [0.29, 0.717) is 26.2 Å². The van der Waals surface area contributed by atoms with Gasteiger partial charge in [0, 0.05) is 48.4 Å². The molecule has 3 aromatic rings. The third-order valence-corrected chi connectivity index (χ3v) is 5.21. The van der Waals surface area contributed by atoms with Crippen LogP contribution in [0.2, 0.25) is 0 Å². The van der Waals surface area contributed by atoms with Gasteiger partial charge in [0.05, 0.1) is 37.1 Å². The lowest BCUT2D eigenvalue weighted by Gasteiger charge is -2.30. The van der Waals surface area contributed by atoms with Gasteiger partial charge < -0.3 is 19.5 Å². The Kier molecular flexibility index (Phi) is 6.11. The standard InChI is InChI=1S/C24H24N4O2/c25-12-5-13-28-18-19(20-6-1-3-8-22(20)28)10-11-24(29)26-21-7-2-4-9-23(21)27-14-16-30-17-15-27/h1-4,6-11,18H,5,13-17H2,(H,26,29)/b11-10+. The van der Waals surface area contributed by atoms with Gasteiger partial charge in [-0.3, -0.25) is 4.79 Å². The number of rotatable bonds is 6. The van der Waals surface area contributed by atoms with Gasteiger partial charge >= 0.3 is 0 Å². The summed E-state index contributed by atoms with van der Waals surface area (Å²) in [6, 6.07) is 18.0. The summed E-state index contributed by atoms with van der Waals surface area (Å²) < 4.78 is 7.49. The number of anilines is 2. The molecule has 0 bridgehead atoms. The van der Waals surface area contributed by atoms with Crippen molar-refractivity contribution < 1.29 is 9.53 Å². The number of nitrogens with zero attached hydrogens (tertiary/aromatic N) is 3. The van der Waals surface area contributed by atoms with Crippen molar-refractivity contribution in [1.29, 1.82) is 5.26 Å². The second-order valence-corrected chi connectivity index (χ2v) is 7.14. The van der Waals surface area contributed by atoms with E-state index in [-0.39, 0.29) is 5.91 Å². The minimum absolute atomic E-state index is 0.176. The summed E-state index contributed by atoms with van der Waals surface area (Å²) >= 11 is 0. The molecule has 1 amide bonds. The lowest BCUT2D eigenvalue weighted by atomic mass is 10.1. The molecule has 6 heteroatoms. The van der Waals surface area contributed by atoms with Crippen LogP contribution in [0.4, 0.5) is 11.4 Å². The summed E-state index contributed by atoms with van der Waals surface area (Å²) in [6.45, 7) is 3.63. The van der Waals surface area contributed by atoms with Crippen molar-refractivity contribution in [2.75, 3.05) is 36.5 Å². The van der Waals surface area contributed by atoms with Crippen LogP contribution < -0.4 is 10.2 Å². The Morgan fingerprint density at radius 2 is 1.90 bits per heavy atom. The summed E-state index contributed by atoms with van der Waals surface area (Å²) in [7, 11) is 0. The number of aromatic nitrogens is 1. The largest absolute Gasteiger partial charge is 0.378 e. The van der Waals surface area contributed by atoms with Gasteiger partial charge in [0.15, 0.2) is 0 Å². The predicted molar refractivity (Wildman–Crippen MR) is 119 cm³/mol. The highest BCUT2D eigenvalue weighted by atomic mass is 16.5. The molecule has 1 aliphatic rings. The molecule has 1 fully saturated rings. The van der Waals surface area contributed by atoms with E-state index in [1.54, 1.807) is 6.08 Å². The van der Waals surface area contributed by atoms with Crippen LogP contribution in [-0.4, -0.2) is 36.8 Å². The van der Waals surface area contributed by atoms with E-state index in [4.69, 9.17) is 10.00 Å². The Morgan fingerprint density at radius 1 is 1.13 bits per heavy atom. The molecule has 4 rings (SSSR count). The fraction of sp³-hybridized carbons (Fsp3) is 0.250. The Balaban J connectivity index is 1.52. The fourth-order valence-electron chi connectivity index (χ4n) is 3.76. The second-order valence-electron chi connectivity index (χ2n) is 7.14. The number of morpholine rings is 1. The quantitative estimate of drug-likeness (QED) is 0.634. The summed E-state index contributed by atoms with van der Waals surface area (Å²) in [4.78, 5) is 14.9. The van der Waals surface area contributed by atoms with Gasteiger partial charge in [-0.2, -0.15) is 5.26 Å². The number of aryl methyl sites for hydroxylation is 1. The second kappa shape index (κ2) is 9.29. The summed E-state index contributed by atoms with van der Waals surface area (Å²) in [5.41, 5.74) is 3.83. The molecule has 1 N–H and O–H groups in total. The van der Waals surface area contributed by atoms with Crippen molar-refractivity contribution in [3.8, 4) is 6.07 Å². The highest BCUT2D eigenvalue weighted by Gasteiger charge is 2.15. The number of carbonyl (C=O) groups excluding carboxylic acids is 1. The normalized spacial score (nSPS) is 14.2. The van der Waals surface area contributed by atoms with Crippen molar-refractivity contribution in [2.45, 2.75) is 13.0 Å². The van der Waals surface area contributed by atoms with Crippen LogP contribution in [0.1, 0.15) is 12.0 Å². The van der Waals surface area contributed by atoms with Crippen LogP contribution >= 0.6 is 0 Å². The third kappa shape index (κ3) is 4.37. The summed E-state index contributed by atoms with van der Waals surface area (Å²) in [5, 5.41) is 13.0. The monoisotopic (exact) mass is 400 g/mol. The molecule has 0 atom stereocenters. The van der Waals surface area contributed by atoms with E-state index in [9.17, 15) is 4.79 Å². The smallest absolute Gasteiger partial charge is 0.248 e. The van der Waals surface area contributed by atoms with Crippen LogP contribution in [0, 0.1) is 11.3 Å². The Hall–Kier alpha value is -3.56. The first kappa shape index (κ1) is 19.7. The number of carbonyl (C=O) groups is 1. The van der Waals surface area contributed by atoms with E-state index in [1.807, 2.05) is 60.8 Å². The van der Waals surface area contributed by atoms with Gasteiger partial charge in [0.25, 0.3) is 0 Å². The number of nitrogens with one attached hydrogen (secondary N) is 1. The van der Waals surface area contributed by atoms with Crippen LogP contribution in [0.3, 0.4) is 0 Å². The molecule has 0 saturated carbocycles. The Morgan fingerprint density at radius 3 is 2.73 bits per heavy atom. The first-order valence-electron chi connectivity index (χ1n) is 10.1. The zero-order chi connectivity index (χ0) is 20.8. The number of hydrogen-bond acceptors (Lipinski definition) is 4. The van der Waals surface area contributed by atoms with Crippen molar-refractivity contribution in [3.05, 3.63) is 66.4 Å². The Bertz CT molecular complexity index is 1100. The minimum Gasteiger partial charge on any atom is -0.378 e. The molecule has 2 heterocycles. The fourth-order valence-corrected chi connectivity index (χ4v) is 3.76. The minimum atomic E-state index is -0.176. The van der Waals surface area contributed by atoms with E-state index >= 15 is 0 Å². The van der Waals surface area contributed by atoms with Crippen LogP contribution in [0.25, 0.3) is 17.0 Å². The lowest BCUT2D eigenvalue weighted by molar-refractivity contribution is -0.111. The molecule has 1 saturated heterocycles. The van der Waals surface area contributed by atoms with E-state index in [0.717, 1.165) is 40.9 Å². The lowest BCUT2D eigenvalue weighted by Crippen LogP contribution is -2.36. The maximum Gasteiger partial charge on any atom is 0.248 e. The van der Waals surface area contributed by atoms with Gasteiger partial charge in [0.1, 0.15) is 0 Å². The Labute approximate surface area is 176 Å². The molecule has 30 heavy (non-hydrogen) atoms. The van der Waals surface area contributed by atoms with Crippen molar-refractivity contribution in [2.24, 2.45) is 0 Å². The average Bonchev–Trinajstić information content (AvgIpc) is 3.15. The highest BCUT2D eigenvalue weighted by molar-refractivity contribution is 6.05. The molecule has 0 radical (unpaired) electrons. The molecule has 1 aliphatic heterocycles. The van der Waals surface area contributed by atoms with Crippen LogP contribution in [-0.2, 0) is 16.1 Å². The van der Waals surface area contributed by atoms with E-state index in [2.05, 4.69) is 20.9 Å². The van der Waals surface area contributed by atoms with Gasteiger partial charge in [-0.1, -0.05) is 30.3 Å². The molecule has 0 spiro atoms. The average molecular weight is 400 g/mol. The van der Waals surface area contributed by atoms with Gasteiger partial charge in [-0.15, -0.1) is 0 Å². The number of benzene rings is 2. The molecule has 152 valence electrons.